The van der Waals surface area contributed by atoms with Crippen LogP contribution in [-0.4, -0.2) is 25.2 Å². The number of hydrogen-bond donors (Lipinski definition) is 2. The van der Waals surface area contributed by atoms with Crippen LogP contribution in [0, 0.1) is 0 Å². The molecule has 2 nitrogen and oxygen atoms in total. The molecule has 12 heavy (non-hydrogen) atoms. The summed E-state index contributed by atoms with van der Waals surface area (Å²) in [5, 5.41) is 6.74. The second kappa shape index (κ2) is 10.9. The first-order chi connectivity index (χ1) is 5.79. The molecule has 2 N–H and O–H groups in total. The fourth-order valence-electron chi connectivity index (χ4n) is 1.12. The van der Waals surface area contributed by atoms with Gasteiger partial charge in [-0.25, -0.2) is 0 Å². The van der Waals surface area contributed by atoms with Crippen molar-refractivity contribution >= 4 is 0 Å². The van der Waals surface area contributed by atoms with Gasteiger partial charge in [-0.15, -0.1) is 0 Å². The minimum Gasteiger partial charge on any atom is -0.314 e. The third-order valence-electron chi connectivity index (χ3n) is 1.47. The number of hydrogen-bond acceptors (Lipinski definition) is 2. The van der Waals surface area contributed by atoms with E-state index in [1.807, 2.05) is 27.7 Å². The summed E-state index contributed by atoms with van der Waals surface area (Å²) in [5.41, 5.74) is 0. The first-order valence-electron chi connectivity index (χ1n) is 5.26. The molecule has 0 bridgehead atoms. The minimum atomic E-state index is 0.652. The van der Waals surface area contributed by atoms with Gasteiger partial charge in [0.15, 0.2) is 0 Å². The van der Waals surface area contributed by atoms with E-state index in [0.29, 0.717) is 12.1 Å². The van der Waals surface area contributed by atoms with Gasteiger partial charge in [-0.2, -0.15) is 0 Å². The summed E-state index contributed by atoms with van der Waals surface area (Å²) in [6.45, 7) is 14.6. The molecule has 0 saturated carbocycles. The smallest absolute Gasteiger partial charge is 0.0167 e. The Morgan fingerprint density at radius 3 is 1.33 bits per heavy atom. The number of nitrogens with one attached hydrogen (secondary N) is 2. The monoisotopic (exact) mass is 174 g/mol. The Morgan fingerprint density at radius 1 is 0.833 bits per heavy atom. The zero-order chi connectivity index (χ0) is 9.98. The van der Waals surface area contributed by atoms with E-state index in [1.54, 1.807) is 0 Å². The van der Waals surface area contributed by atoms with Gasteiger partial charge >= 0.3 is 0 Å². The van der Waals surface area contributed by atoms with Crippen LogP contribution in [0.1, 0.15) is 41.5 Å². The summed E-state index contributed by atoms with van der Waals surface area (Å²) in [6, 6.07) is 1.30. The van der Waals surface area contributed by atoms with Crippen LogP contribution in [0.3, 0.4) is 0 Å². The maximum atomic E-state index is 3.42. The highest BCUT2D eigenvalue weighted by Crippen LogP contribution is 1.90. The molecule has 1 aliphatic heterocycles. The SMILES string of the molecule is CC.CC.CC1CNCC(C)N1. The normalized spacial score (nSPS) is 27.5. The second-order valence-corrected chi connectivity index (χ2v) is 2.63. The highest BCUT2D eigenvalue weighted by Gasteiger charge is 2.11. The lowest BCUT2D eigenvalue weighted by Gasteiger charge is -2.26. The topological polar surface area (TPSA) is 24.1 Å². The molecule has 0 amide bonds. The third kappa shape index (κ3) is 8.02. The van der Waals surface area contributed by atoms with Crippen molar-refractivity contribution in [3.8, 4) is 0 Å². The van der Waals surface area contributed by atoms with E-state index >= 15 is 0 Å². The number of piperazine rings is 1. The van der Waals surface area contributed by atoms with Crippen LogP contribution in [0.2, 0.25) is 0 Å². The van der Waals surface area contributed by atoms with Crippen LogP contribution in [0.25, 0.3) is 0 Å². The lowest BCUT2D eigenvalue weighted by molar-refractivity contribution is 0.370. The van der Waals surface area contributed by atoms with Gasteiger partial charge in [-0.3, -0.25) is 0 Å². The molecule has 1 saturated heterocycles. The molecule has 0 aliphatic carbocycles. The highest BCUT2D eigenvalue weighted by atomic mass is 15.1. The van der Waals surface area contributed by atoms with E-state index in [9.17, 15) is 0 Å². The fraction of sp³-hybridized carbons (Fsp3) is 1.00. The first kappa shape index (κ1) is 14.4. The van der Waals surface area contributed by atoms with Gasteiger partial charge in [0, 0.05) is 25.2 Å². The Balaban J connectivity index is 0. The molecule has 1 rings (SSSR count). The van der Waals surface area contributed by atoms with Crippen molar-refractivity contribution in [3.05, 3.63) is 0 Å². The summed E-state index contributed by atoms with van der Waals surface area (Å²) in [4.78, 5) is 0. The van der Waals surface area contributed by atoms with Gasteiger partial charge in [0.05, 0.1) is 0 Å². The predicted octanol–water partition coefficient (Wildman–Crippen LogP) is 2.01. The Bertz CT molecular complexity index is 66.2. The molecule has 2 atom stereocenters. The molecule has 1 heterocycles. The molecular formula is C10H26N2. The molecule has 2 heteroatoms. The molecular weight excluding hydrogens is 148 g/mol. The van der Waals surface area contributed by atoms with E-state index in [-0.39, 0.29) is 0 Å². The van der Waals surface area contributed by atoms with Crippen LogP contribution in [0.5, 0.6) is 0 Å². The molecule has 0 aromatic heterocycles. The molecule has 0 aromatic carbocycles. The van der Waals surface area contributed by atoms with Gasteiger partial charge in [0.2, 0.25) is 0 Å². The van der Waals surface area contributed by atoms with Gasteiger partial charge < -0.3 is 10.6 Å². The summed E-state index contributed by atoms with van der Waals surface area (Å²) in [7, 11) is 0. The van der Waals surface area contributed by atoms with Gasteiger partial charge in [0.1, 0.15) is 0 Å². The predicted molar refractivity (Wildman–Crippen MR) is 57.6 cm³/mol. The maximum Gasteiger partial charge on any atom is 0.0167 e. The molecule has 0 radical (unpaired) electrons. The van der Waals surface area contributed by atoms with Crippen molar-refractivity contribution in [2.24, 2.45) is 0 Å². The Morgan fingerprint density at radius 2 is 1.17 bits per heavy atom. The molecule has 0 spiro atoms. The Kier molecular flexibility index (Phi) is 13.1. The molecule has 1 fully saturated rings. The largest absolute Gasteiger partial charge is 0.314 e. The highest BCUT2D eigenvalue weighted by molar-refractivity contribution is 4.76. The average molecular weight is 174 g/mol. The summed E-state index contributed by atoms with van der Waals surface area (Å²) in [5.74, 6) is 0. The van der Waals surface area contributed by atoms with E-state index in [1.165, 1.54) is 0 Å². The van der Waals surface area contributed by atoms with Crippen molar-refractivity contribution in [1.29, 1.82) is 0 Å². The van der Waals surface area contributed by atoms with E-state index < -0.39 is 0 Å². The van der Waals surface area contributed by atoms with Gasteiger partial charge in [-0.05, 0) is 13.8 Å². The van der Waals surface area contributed by atoms with Crippen molar-refractivity contribution in [1.82, 2.24) is 10.6 Å². The number of rotatable bonds is 0. The maximum absolute atomic E-state index is 3.42. The van der Waals surface area contributed by atoms with Crippen LogP contribution >= 0.6 is 0 Å². The second-order valence-electron chi connectivity index (χ2n) is 2.63. The summed E-state index contributed by atoms with van der Waals surface area (Å²) in [6.07, 6.45) is 0. The lowest BCUT2D eigenvalue weighted by Crippen LogP contribution is -2.52. The van der Waals surface area contributed by atoms with Crippen molar-refractivity contribution in [3.63, 3.8) is 0 Å². The van der Waals surface area contributed by atoms with Gasteiger partial charge in [-0.1, -0.05) is 27.7 Å². The Labute approximate surface area is 78.1 Å². The quantitative estimate of drug-likeness (QED) is 0.587. The zero-order valence-electron chi connectivity index (χ0n) is 9.57. The standard InChI is InChI=1S/C6H14N2.2C2H6/c1-5-3-7-4-6(2)8-5;2*1-2/h5-8H,3-4H2,1-2H3;2*1-2H3. The molecule has 2 unspecified atom stereocenters. The zero-order valence-corrected chi connectivity index (χ0v) is 9.57. The van der Waals surface area contributed by atoms with E-state index in [4.69, 9.17) is 0 Å². The van der Waals surface area contributed by atoms with E-state index in [2.05, 4.69) is 24.5 Å². The van der Waals surface area contributed by atoms with Crippen molar-refractivity contribution in [2.75, 3.05) is 13.1 Å². The van der Waals surface area contributed by atoms with Crippen molar-refractivity contribution in [2.45, 2.75) is 53.6 Å². The minimum absolute atomic E-state index is 0.652. The fourth-order valence-corrected chi connectivity index (χ4v) is 1.12. The van der Waals surface area contributed by atoms with Crippen LogP contribution in [-0.2, 0) is 0 Å². The molecule has 1 aliphatic rings. The van der Waals surface area contributed by atoms with Crippen LogP contribution in [0.4, 0.5) is 0 Å². The Hall–Kier alpha value is -0.0800. The summed E-state index contributed by atoms with van der Waals surface area (Å²) < 4.78 is 0. The molecule has 0 aromatic rings. The van der Waals surface area contributed by atoms with Crippen LogP contribution < -0.4 is 10.6 Å². The molecule has 76 valence electrons. The third-order valence-corrected chi connectivity index (χ3v) is 1.47. The van der Waals surface area contributed by atoms with Gasteiger partial charge in [0.25, 0.3) is 0 Å². The first-order valence-corrected chi connectivity index (χ1v) is 5.26. The average Bonchev–Trinajstić information content (AvgIpc) is 2.11. The van der Waals surface area contributed by atoms with Crippen LogP contribution in [0.15, 0.2) is 0 Å². The lowest BCUT2D eigenvalue weighted by atomic mass is 10.2. The summed E-state index contributed by atoms with van der Waals surface area (Å²) >= 11 is 0. The van der Waals surface area contributed by atoms with Crippen molar-refractivity contribution < 1.29 is 0 Å². The van der Waals surface area contributed by atoms with E-state index in [0.717, 1.165) is 13.1 Å².